The van der Waals surface area contributed by atoms with Crippen molar-refractivity contribution in [3.8, 4) is 6.07 Å². The Kier molecular flexibility index (Phi) is 10.1. The first-order chi connectivity index (χ1) is 17.6. The van der Waals surface area contributed by atoms with Crippen LogP contribution in [0.25, 0.3) is 0 Å². The molecule has 2 fully saturated rings. The van der Waals surface area contributed by atoms with Crippen LogP contribution in [-0.2, 0) is 16.0 Å². The Bertz CT molecular complexity index is 1000. The highest BCUT2D eigenvalue weighted by Crippen LogP contribution is 2.26. The van der Waals surface area contributed by atoms with Gasteiger partial charge in [-0.05, 0) is 57.6 Å². The van der Waals surface area contributed by atoms with E-state index in [-0.39, 0.29) is 25.1 Å². The van der Waals surface area contributed by atoms with Crippen LogP contribution < -0.4 is 5.32 Å². The van der Waals surface area contributed by atoms with Crippen LogP contribution in [0.3, 0.4) is 0 Å². The largest absolute Gasteiger partial charge is 0.475 e. The third-order valence-corrected chi connectivity index (χ3v) is 7.05. The molecule has 2 aliphatic rings. The van der Waals surface area contributed by atoms with Gasteiger partial charge < -0.3 is 25.0 Å². The number of hydrogen-bond acceptors (Lipinski definition) is 7. The van der Waals surface area contributed by atoms with Crippen LogP contribution in [0.15, 0.2) is 42.0 Å². The maximum absolute atomic E-state index is 13.7. The van der Waals surface area contributed by atoms with Gasteiger partial charge in [-0.25, -0.2) is 9.18 Å². The summed E-state index contributed by atoms with van der Waals surface area (Å²) in [7, 11) is -1.78. The van der Waals surface area contributed by atoms with Crippen molar-refractivity contribution in [3.05, 3.63) is 47.5 Å². The summed E-state index contributed by atoms with van der Waals surface area (Å²) in [5, 5.41) is 31.6. The number of alkyl carbamates (subject to hydrolysis) is 1. The Morgan fingerprint density at radius 3 is 2.62 bits per heavy atom. The Hall–Kier alpha value is -2.94. The number of rotatable bonds is 9. The highest BCUT2D eigenvalue weighted by Gasteiger charge is 2.35. The zero-order valence-corrected chi connectivity index (χ0v) is 21.5. The number of amides is 2. The molecule has 3 rings (SSSR count). The van der Waals surface area contributed by atoms with Crippen molar-refractivity contribution in [1.29, 1.82) is 5.26 Å². The van der Waals surface area contributed by atoms with E-state index in [9.17, 15) is 29.3 Å². The van der Waals surface area contributed by atoms with Crippen LogP contribution in [0.2, 0.25) is 0 Å². The van der Waals surface area contributed by atoms with Gasteiger partial charge in [0.15, 0.2) is 0 Å². The van der Waals surface area contributed by atoms with Gasteiger partial charge in [0.05, 0.1) is 12.0 Å². The van der Waals surface area contributed by atoms with Gasteiger partial charge in [0, 0.05) is 25.2 Å². The van der Waals surface area contributed by atoms with Crippen molar-refractivity contribution in [3.63, 3.8) is 0 Å². The van der Waals surface area contributed by atoms with Crippen LogP contribution in [0.1, 0.15) is 45.1 Å². The summed E-state index contributed by atoms with van der Waals surface area (Å²) in [5.41, 5.74) is 0.136. The summed E-state index contributed by atoms with van der Waals surface area (Å²) in [6, 6.07) is 10.7. The number of nitriles is 1. The molecule has 0 saturated carbocycles. The van der Waals surface area contributed by atoms with E-state index in [0.717, 1.165) is 18.4 Å². The van der Waals surface area contributed by atoms with Crippen molar-refractivity contribution in [2.24, 2.45) is 0 Å². The molecule has 2 saturated heterocycles. The Balaban J connectivity index is 1.62. The predicted octanol–water partition coefficient (Wildman–Crippen LogP) is 1.99. The van der Waals surface area contributed by atoms with Crippen LogP contribution in [0, 0.1) is 11.3 Å². The molecule has 3 atom stereocenters. The first kappa shape index (κ1) is 28.6. The second-order valence-corrected chi connectivity index (χ2v) is 10.3. The van der Waals surface area contributed by atoms with Gasteiger partial charge in [-0.15, -0.1) is 0 Å². The number of halogens is 1. The smallest absolute Gasteiger partial charge is 0.447 e. The average Bonchev–Trinajstić information content (AvgIpc) is 3.33. The summed E-state index contributed by atoms with van der Waals surface area (Å²) in [6.45, 7) is 4.88. The van der Waals surface area contributed by atoms with E-state index >= 15 is 0 Å². The highest BCUT2D eigenvalue weighted by atomic mass is 19.1. The normalized spacial score (nSPS) is 21.7. The molecule has 0 unspecified atom stereocenters. The molecule has 3 N–H and O–H groups in total. The van der Waals surface area contributed by atoms with Crippen LogP contribution in [0.5, 0.6) is 0 Å². The lowest BCUT2D eigenvalue weighted by atomic mass is 9.76. The van der Waals surface area contributed by atoms with E-state index in [4.69, 9.17) is 4.74 Å². The number of hydrogen-bond donors (Lipinski definition) is 3. The van der Waals surface area contributed by atoms with Gasteiger partial charge in [0.25, 0.3) is 5.91 Å². The van der Waals surface area contributed by atoms with Crippen LogP contribution in [-0.4, -0.2) is 88.9 Å². The third kappa shape index (κ3) is 8.02. The average molecular weight is 514 g/mol. The molecule has 0 spiro atoms. The van der Waals surface area contributed by atoms with E-state index in [1.165, 1.54) is 0 Å². The Morgan fingerprint density at radius 2 is 2.00 bits per heavy atom. The zero-order chi connectivity index (χ0) is 27.0. The number of alkyl halides is 1. The molecule has 0 aromatic heterocycles. The predicted molar refractivity (Wildman–Crippen MR) is 137 cm³/mol. The molecule has 200 valence electrons. The lowest BCUT2D eigenvalue weighted by Gasteiger charge is -2.36. The quantitative estimate of drug-likeness (QED) is 0.261. The molecule has 9 nitrogen and oxygen atoms in total. The topological polar surface area (TPSA) is 126 Å². The molecule has 2 aliphatic heterocycles. The molecular weight excluding hydrogens is 478 g/mol. The Morgan fingerprint density at radius 1 is 1.27 bits per heavy atom. The van der Waals surface area contributed by atoms with Crippen molar-refractivity contribution in [2.45, 2.75) is 69.6 Å². The van der Waals surface area contributed by atoms with Gasteiger partial charge in [-0.3, -0.25) is 9.69 Å². The number of nitrogens with one attached hydrogen (secondary N) is 1. The fraction of sp³-hybridized carbons (Fsp3) is 0.577. The number of benzene rings is 1. The van der Waals surface area contributed by atoms with Crippen molar-refractivity contribution < 1.29 is 28.8 Å². The zero-order valence-electron chi connectivity index (χ0n) is 21.5. The summed E-state index contributed by atoms with van der Waals surface area (Å²) < 4.78 is 19.1. The van der Waals surface area contributed by atoms with Gasteiger partial charge in [-0.2, -0.15) is 5.26 Å². The van der Waals surface area contributed by atoms with E-state index in [1.54, 1.807) is 11.0 Å². The van der Waals surface area contributed by atoms with E-state index in [2.05, 4.69) is 5.32 Å². The monoisotopic (exact) mass is 514 g/mol. The maximum Gasteiger partial charge on any atom is 0.475 e. The molecule has 1 aromatic carbocycles. The number of carbonyl (C=O) groups excluding carboxylic acids is 2. The minimum atomic E-state index is -1.78. The van der Waals surface area contributed by atoms with Crippen molar-refractivity contribution in [1.82, 2.24) is 15.1 Å². The standard InChI is InChI=1S/C26H36BFN4O5/c1-26(2,31-13-11-21(28)17-31)15-20(16-29)24(33)32-12-7-6-10-22(32)18-37-25(34)30-23(27(35)36)14-19-8-4-3-5-9-19/h3-5,8-9,15,21-23,35-36H,6-7,10-14,17-18H2,1-2H3,(H,30,34)/t21-,22+,23-/m0/s1. The molecule has 2 amide bonds. The summed E-state index contributed by atoms with van der Waals surface area (Å²) in [5.74, 6) is -1.41. The fourth-order valence-electron chi connectivity index (χ4n) is 4.89. The van der Waals surface area contributed by atoms with Gasteiger partial charge in [-0.1, -0.05) is 30.3 Å². The summed E-state index contributed by atoms with van der Waals surface area (Å²) >= 11 is 0. The van der Waals surface area contributed by atoms with Gasteiger partial charge in [0.1, 0.15) is 24.4 Å². The lowest BCUT2D eigenvalue weighted by molar-refractivity contribution is -0.131. The fourth-order valence-corrected chi connectivity index (χ4v) is 4.89. The second kappa shape index (κ2) is 13.0. The first-order valence-corrected chi connectivity index (χ1v) is 12.8. The van der Waals surface area contributed by atoms with E-state index in [1.807, 2.05) is 55.1 Å². The third-order valence-electron chi connectivity index (χ3n) is 7.05. The van der Waals surface area contributed by atoms with E-state index < -0.39 is 42.8 Å². The maximum atomic E-state index is 13.7. The minimum absolute atomic E-state index is 0.0185. The lowest BCUT2D eigenvalue weighted by Crippen LogP contribution is -2.50. The molecule has 11 heteroatoms. The van der Waals surface area contributed by atoms with Gasteiger partial charge >= 0.3 is 13.2 Å². The minimum Gasteiger partial charge on any atom is -0.447 e. The Labute approximate surface area is 218 Å². The van der Waals surface area contributed by atoms with Crippen molar-refractivity contribution in [2.75, 3.05) is 26.2 Å². The second-order valence-electron chi connectivity index (χ2n) is 10.3. The SMILES string of the molecule is CC(C)(C=C(C#N)C(=O)N1CCCC[C@@H]1COC(=O)N[C@@H](Cc1ccccc1)B(O)O)N1CC[C@H](F)C1. The van der Waals surface area contributed by atoms with Crippen molar-refractivity contribution >= 4 is 19.1 Å². The number of piperidine rings is 1. The number of ether oxygens (including phenoxy) is 1. The number of carbonyl (C=O) groups is 2. The molecule has 0 radical (unpaired) electrons. The van der Waals surface area contributed by atoms with Gasteiger partial charge in [0.2, 0.25) is 0 Å². The summed E-state index contributed by atoms with van der Waals surface area (Å²) in [4.78, 5) is 29.3. The molecule has 2 heterocycles. The van der Waals surface area contributed by atoms with Crippen LogP contribution in [0.4, 0.5) is 9.18 Å². The number of likely N-dealkylation sites (tertiary alicyclic amines) is 2. The molecule has 0 bridgehead atoms. The van der Waals surface area contributed by atoms with Crippen LogP contribution >= 0.6 is 0 Å². The molecule has 37 heavy (non-hydrogen) atoms. The highest BCUT2D eigenvalue weighted by molar-refractivity contribution is 6.43. The molecule has 0 aliphatic carbocycles. The molecular formula is C26H36BFN4O5. The first-order valence-electron chi connectivity index (χ1n) is 12.8. The summed E-state index contributed by atoms with van der Waals surface area (Å²) in [6.07, 6.45) is 2.71. The molecule has 1 aromatic rings. The van der Waals surface area contributed by atoms with E-state index in [0.29, 0.717) is 25.9 Å². The number of nitrogens with zero attached hydrogens (tertiary/aromatic N) is 3.